The molecule has 0 bridgehead atoms. The van der Waals surface area contributed by atoms with Crippen LogP contribution >= 0.6 is 0 Å². The van der Waals surface area contributed by atoms with Crippen LogP contribution in [0.5, 0.6) is 0 Å². The van der Waals surface area contributed by atoms with E-state index in [0.29, 0.717) is 0 Å². The molecule has 2 aromatic rings. The zero-order chi connectivity index (χ0) is 12.8. The molecule has 1 aliphatic carbocycles. The molecule has 0 aliphatic heterocycles. The zero-order valence-electron chi connectivity index (χ0n) is 11.1. The monoisotopic (exact) mass is 244 g/mol. The molecule has 1 aromatic heterocycles. The quantitative estimate of drug-likeness (QED) is 0.835. The number of oxazole rings is 1. The fourth-order valence-electron chi connectivity index (χ4n) is 2.74. The number of nitrogens with two attached hydrogens (primary N) is 1. The normalized spacial score (nSPS) is 28.7. The van der Waals surface area contributed by atoms with Crippen LogP contribution in [-0.4, -0.2) is 4.98 Å². The molecular formula is C15H20N2O. The predicted molar refractivity (Wildman–Crippen MR) is 72.2 cm³/mol. The minimum absolute atomic E-state index is 0.362. The summed E-state index contributed by atoms with van der Waals surface area (Å²) in [5.74, 6) is 1.49. The average molecular weight is 244 g/mol. The Kier molecular flexibility index (Phi) is 2.67. The number of nitrogens with zero attached hydrogens (tertiary/aromatic N) is 1. The van der Waals surface area contributed by atoms with Crippen LogP contribution in [0.25, 0.3) is 11.1 Å². The van der Waals surface area contributed by atoms with Gasteiger partial charge in [-0.1, -0.05) is 13.0 Å². The van der Waals surface area contributed by atoms with Crippen LogP contribution in [0.2, 0.25) is 0 Å². The van der Waals surface area contributed by atoms with Crippen LogP contribution in [0, 0.1) is 12.8 Å². The van der Waals surface area contributed by atoms with Gasteiger partial charge in [0.2, 0.25) is 5.89 Å². The lowest BCUT2D eigenvalue weighted by molar-refractivity contribution is 0.209. The summed E-state index contributed by atoms with van der Waals surface area (Å²) < 4.78 is 5.89. The van der Waals surface area contributed by atoms with Gasteiger partial charge in [0.25, 0.3) is 0 Å². The van der Waals surface area contributed by atoms with Crippen molar-refractivity contribution >= 4 is 11.1 Å². The van der Waals surface area contributed by atoms with Gasteiger partial charge >= 0.3 is 0 Å². The number of benzene rings is 1. The van der Waals surface area contributed by atoms with Gasteiger partial charge in [-0.3, -0.25) is 0 Å². The molecule has 0 amide bonds. The first-order valence-corrected chi connectivity index (χ1v) is 6.73. The molecule has 1 fully saturated rings. The van der Waals surface area contributed by atoms with E-state index in [1.54, 1.807) is 0 Å². The van der Waals surface area contributed by atoms with Crippen molar-refractivity contribution in [1.29, 1.82) is 0 Å². The molecule has 1 aromatic carbocycles. The predicted octanol–water partition coefficient (Wildman–Crippen LogP) is 3.50. The Morgan fingerprint density at radius 1 is 1.33 bits per heavy atom. The maximum Gasteiger partial charge on any atom is 0.215 e. The second-order valence-electron chi connectivity index (χ2n) is 5.83. The standard InChI is InChI=1S/C15H20N2O/c1-10-5-7-15(16,8-6-10)14-17-12-4-3-11(2)9-13(12)18-14/h3-4,9-10H,5-8,16H2,1-2H3. The highest BCUT2D eigenvalue weighted by Crippen LogP contribution is 2.37. The molecule has 0 radical (unpaired) electrons. The second-order valence-corrected chi connectivity index (χ2v) is 5.83. The summed E-state index contributed by atoms with van der Waals surface area (Å²) in [6, 6.07) is 6.09. The molecular weight excluding hydrogens is 224 g/mol. The first-order valence-electron chi connectivity index (χ1n) is 6.73. The van der Waals surface area contributed by atoms with Crippen LogP contribution < -0.4 is 5.73 Å². The van der Waals surface area contributed by atoms with E-state index in [9.17, 15) is 0 Å². The Hall–Kier alpha value is -1.35. The third-order valence-electron chi connectivity index (χ3n) is 4.14. The molecule has 3 nitrogen and oxygen atoms in total. The van der Waals surface area contributed by atoms with Crippen molar-refractivity contribution in [1.82, 2.24) is 4.98 Å². The summed E-state index contributed by atoms with van der Waals surface area (Å²) in [5, 5.41) is 0. The Bertz CT molecular complexity index is 565. The molecule has 2 N–H and O–H groups in total. The molecule has 3 heteroatoms. The zero-order valence-corrected chi connectivity index (χ0v) is 11.1. The largest absolute Gasteiger partial charge is 0.439 e. The molecule has 1 heterocycles. The smallest absolute Gasteiger partial charge is 0.215 e. The lowest BCUT2D eigenvalue weighted by atomic mass is 9.78. The SMILES string of the molecule is Cc1ccc2nc(C3(N)CCC(C)CC3)oc2c1. The Morgan fingerprint density at radius 2 is 2.06 bits per heavy atom. The van der Waals surface area contributed by atoms with Crippen molar-refractivity contribution in [3.63, 3.8) is 0 Å². The first kappa shape index (κ1) is 11.7. The topological polar surface area (TPSA) is 52.0 Å². The maximum atomic E-state index is 6.49. The summed E-state index contributed by atoms with van der Waals surface area (Å²) in [4.78, 5) is 4.58. The van der Waals surface area contributed by atoms with E-state index in [0.717, 1.165) is 48.6 Å². The van der Waals surface area contributed by atoms with Gasteiger partial charge in [-0.15, -0.1) is 0 Å². The van der Waals surface area contributed by atoms with Gasteiger partial charge in [-0.25, -0.2) is 4.98 Å². The third-order valence-corrected chi connectivity index (χ3v) is 4.14. The number of hydrogen-bond donors (Lipinski definition) is 1. The van der Waals surface area contributed by atoms with Crippen molar-refractivity contribution in [2.75, 3.05) is 0 Å². The highest BCUT2D eigenvalue weighted by Gasteiger charge is 2.36. The lowest BCUT2D eigenvalue weighted by Gasteiger charge is -2.33. The number of aryl methyl sites for hydroxylation is 1. The fraction of sp³-hybridized carbons (Fsp3) is 0.533. The number of aromatic nitrogens is 1. The van der Waals surface area contributed by atoms with Gasteiger partial charge in [-0.2, -0.15) is 0 Å². The molecule has 96 valence electrons. The van der Waals surface area contributed by atoms with E-state index in [1.165, 1.54) is 5.56 Å². The minimum Gasteiger partial charge on any atom is -0.439 e. The molecule has 0 atom stereocenters. The Morgan fingerprint density at radius 3 is 2.78 bits per heavy atom. The van der Waals surface area contributed by atoms with Crippen molar-refractivity contribution in [3.05, 3.63) is 29.7 Å². The molecule has 0 unspecified atom stereocenters. The number of hydrogen-bond acceptors (Lipinski definition) is 3. The molecule has 1 saturated carbocycles. The summed E-state index contributed by atoms with van der Waals surface area (Å²) >= 11 is 0. The molecule has 18 heavy (non-hydrogen) atoms. The van der Waals surface area contributed by atoms with E-state index in [2.05, 4.69) is 24.9 Å². The van der Waals surface area contributed by atoms with E-state index in [1.807, 2.05) is 12.1 Å². The summed E-state index contributed by atoms with van der Waals surface area (Å²) in [7, 11) is 0. The van der Waals surface area contributed by atoms with Crippen molar-refractivity contribution in [2.45, 2.75) is 45.1 Å². The first-order chi connectivity index (χ1) is 8.57. The van der Waals surface area contributed by atoms with Crippen LogP contribution in [0.3, 0.4) is 0 Å². The second kappa shape index (κ2) is 4.09. The van der Waals surface area contributed by atoms with Crippen molar-refractivity contribution in [3.8, 4) is 0 Å². The minimum atomic E-state index is -0.362. The molecule has 0 spiro atoms. The summed E-state index contributed by atoms with van der Waals surface area (Å²) in [6.45, 7) is 4.34. The van der Waals surface area contributed by atoms with Crippen LogP contribution in [0.4, 0.5) is 0 Å². The number of rotatable bonds is 1. The van der Waals surface area contributed by atoms with E-state index < -0.39 is 0 Å². The maximum absolute atomic E-state index is 6.49. The Balaban J connectivity index is 1.98. The highest BCUT2D eigenvalue weighted by atomic mass is 16.4. The van der Waals surface area contributed by atoms with E-state index in [4.69, 9.17) is 10.2 Å². The third kappa shape index (κ3) is 1.93. The van der Waals surface area contributed by atoms with Gasteiger partial charge in [-0.05, 0) is 56.2 Å². The van der Waals surface area contributed by atoms with Gasteiger partial charge in [0.15, 0.2) is 5.58 Å². The van der Waals surface area contributed by atoms with E-state index >= 15 is 0 Å². The molecule has 3 rings (SSSR count). The molecule has 0 saturated heterocycles. The average Bonchev–Trinajstić information content (AvgIpc) is 2.77. The molecule has 1 aliphatic rings. The van der Waals surface area contributed by atoms with E-state index in [-0.39, 0.29) is 5.54 Å². The van der Waals surface area contributed by atoms with Crippen molar-refractivity contribution in [2.24, 2.45) is 11.7 Å². The van der Waals surface area contributed by atoms with Gasteiger partial charge in [0, 0.05) is 0 Å². The van der Waals surface area contributed by atoms with Crippen LogP contribution in [0.15, 0.2) is 22.6 Å². The lowest BCUT2D eigenvalue weighted by Crippen LogP contribution is -2.40. The summed E-state index contributed by atoms with van der Waals surface area (Å²) in [5.41, 5.74) is 9.09. The summed E-state index contributed by atoms with van der Waals surface area (Å²) in [6.07, 6.45) is 4.27. The van der Waals surface area contributed by atoms with Gasteiger partial charge in [0.1, 0.15) is 5.52 Å². The van der Waals surface area contributed by atoms with Gasteiger partial charge in [0.05, 0.1) is 5.54 Å². The Labute approximate surface area is 107 Å². The van der Waals surface area contributed by atoms with Crippen LogP contribution in [0.1, 0.15) is 44.1 Å². The highest BCUT2D eigenvalue weighted by molar-refractivity contribution is 5.73. The number of fused-ring (bicyclic) bond motifs is 1. The van der Waals surface area contributed by atoms with Crippen molar-refractivity contribution < 1.29 is 4.42 Å². The fourth-order valence-corrected chi connectivity index (χ4v) is 2.74. The van der Waals surface area contributed by atoms with Gasteiger partial charge < -0.3 is 10.2 Å². The van der Waals surface area contributed by atoms with Crippen LogP contribution in [-0.2, 0) is 5.54 Å².